The average Bonchev–Trinajstić information content (AvgIpc) is 2.97. The minimum Gasteiger partial charge on any atom is -0.463 e. The molecule has 3 N–H and O–H groups in total. The van der Waals surface area contributed by atoms with E-state index < -0.39 is 5.60 Å². The van der Waals surface area contributed by atoms with Gasteiger partial charge >= 0.3 is 0 Å². The molecule has 5 nitrogen and oxygen atoms in total. The monoisotopic (exact) mass is 411 g/mol. The van der Waals surface area contributed by atoms with Crippen molar-refractivity contribution in [3.63, 3.8) is 0 Å². The Bertz CT molecular complexity index is 723. The van der Waals surface area contributed by atoms with Gasteiger partial charge in [0.2, 0.25) is 0 Å². The Hall–Kier alpha value is -1.86. The maximum absolute atomic E-state index is 13.4. The second kappa shape index (κ2) is 8.49. The zero-order valence-corrected chi connectivity index (χ0v) is 16.2. The first-order chi connectivity index (χ1) is 11.8. The summed E-state index contributed by atoms with van der Waals surface area (Å²) in [5.41, 5.74) is -0.427. The number of aliphatic imine (C=N–C) groups is 1. The zero-order valence-electron chi connectivity index (χ0n) is 14.6. The van der Waals surface area contributed by atoms with Gasteiger partial charge in [-0.15, -0.1) is 0 Å². The van der Waals surface area contributed by atoms with Gasteiger partial charge in [0.05, 0.1) is 13.1 Å². The first kappa shape index (κ1) is 19.5. The molecule has 0 spiro atoms. The summed E-state index contributed by atoms with van der Waals surface area (Å²) in [5, 5.41) is 16.8. The number of furan rings is 1. The number of halogens is 2. The summed E-state index contributed by atoms with van der Waals surface area (Å²) < 4.78 is 19.6. The van der Waals surface area contributed by atoms with E-state index in [9.17, 15) is 9.50 Å². The summed E-state index contributed by atoms with van der Waals surface area (Å²) >= 11 is 3.27. The molecule has 1 heterocycles. The van der Waals surface area contributed by atoms with Crippen LogP contribution in [0.5, 0.6) is 0 Å². The maximum Gasteiger partial charge on any atom is 0.191 e. The Morgan fingerprint density at radius 2 is 2.08 bits per heavy atom. The van der Waals surface area contributed by atoms with Gasteiger partial charge in [0.1, 0.15) is 22.9 Å². The Kier molecular flexibility index (Phi) is 6.61. The molecule has 1 aromatic carbocycles. The van der Waals surface area contributed by atoms with Gasteiger partial charge in [-0.25, -0.2) is 9.38 Å². The molecule has 1 aromatic heterocycles. The topological polar surface area (TPSA) is 69.8 Å². The quantitative estimate of drug-likeness (QED) is 0.502. The number of nitrogens with zero attached hydrogens (tertiary/aromatic N) is 1. The number of hydrogen-bond donors (Lipinski definition) is 3. The van der Waals surface area contributed by atoms with Crippen LogP contribution in [-0.2, 0) is 12.1 Å². The van der Waals surface area contributed by atoms with Crippen LogP contribution in [0.3, 0.4) is 0 Å². The number of aryl methyl sites for hydroxylation is 1. The molecule has 0 saturated heterocycles. The molecule has 2 rings (SSSR count). The fourth-order valence-electron chi connectivity index (χ4n) is 2.28. The molecule has 7 heteroatoms. The van der Waals surface area contributed by atoms with Crippen molar-refractivity contribution >= 4 is 21.9 Å². The number of rotatable bonds is 6. The molecule has 0 aliphatic carbocycles. The Labute approximate surface area is 155 Å². The number of guanidine groups is 1. The Morgan fingerprint density at radius 1 is 1.32 bits per heavy atom. The Morgan fingerprint density at radius 3 is 2.68 bits per heavy atom. The van der Waals surface area contributed by atoms with Gasteiger partial charge in [0.25, 0.3) is 0 Å². The minimum absolute atomic E-state index is 0.221. The first-order valence-electron chi connectivity index (χ1n) is 8.06. The second-order valence-corrected chi connectivity index (χ2v) is 6.93. The highest BCUT2D eigenvalue weighted by molar-refractivity contribution is 9.10. The van der Waals surface area contributed by atoms with Crippen LogP contribution >= 0.6 is 15.9 Å². The summed E-state index contributed by atoms with van der Waals surface area (Å²) in [7, 11) is 0. The van der Waals surface area contributed by atoms with Gasteiger partial charge in [-0.1, -0.05) is 15.9 Å². The third-order valence-electron chi connectivity index (χ3n) is 3.56. The van der Waals surface area contributed by atoms with E-state index in [0.717, 1.165) is 11.3 Å². The number of aliphatic hydroxyl groups is 1. The highest BCUT2D eigenvalue weighted by Crippen LogP contribution is 2.22. The van der Waals surface area contributed by atoms with Gasteiger partial charge in [0.15, 0.2) is 5.96 Å². The summed E-state index contributed by atoms with van der Waals surface area (Å²) in [5.74, 6) is 1.45. The number of benzene rings is 1. The van der Waals surface area contributed by atoms with E-state index in [1.165, 1.54) is 12.1 Å². The van der Waals surface area contributed by atoms with E-state index in [2.05, 4.69) is 31.6 Å². The molecule has 0 amide bonds. The largest absolute Gasteiger partial charge is 0.463 e. The van der Waals surface area contributed by atoms with Crippen molar-refractivity contribution in [3.05, 3.63) is 57.7 Å². The predicted octanol–water partition coefficient (Wildman–Crippen LogP) is 3.45. The SMILES string of the molecule is CCNC(=NCc1cc(F)cc(Br)c1)NCC(C)(O)c1ccc(C)o1. The van der Waals surface area contributed by atoms with Crippen LogP contribution in [0.1, 0.15) is 30.9 Å². The van der Waals surface area contributed by atoms with Crippen molar-refractivity contribution in [2.24, 2.45) is 4.99 Å². The molecule has 1 atom stereocenters. The van der Waals surface area contributed by atoms with E-state index in [1.807, 2.05) is 26.0 Å². The van der Waals surface area contributed by atoms with Gasteiger partial charge in [0, 0.05) is 11.0 Å². The summed E-state index contributed by atoms with van der Waals surface area (Å²) in [6, 6.07) is 8.23. The average molecular weight is 412 g/mol. The lowest BCUT2D eigenvalue weighted by molar-refractivity contribution is 0.0378. The summed E-state index contributed by atoms with van der Waals surface area (Å²) in [6.07, 6.45) is 0. The van der Waals surface area contributed by atoms with Gasteiger partial charge in [-0.05, 0) is 56.7 Å². The van der Waals surface area contributed by atoms with Crippen LogP contribution in [0.25, 0.3) is 0 Å². The van der Waals surface area contributed by atoms with Crippen molar-refractivity contribution < 1.29 is 13.9 Å². The molecular weight excluding hydrogens is 389 g/mol. The number of hydrogen-bond acceptors (Lipinski definition) is 3. The third-order valence-corrected chi connectivity index (χ3v) is 4.02. The summed E-state index contributed by atoms with van der Waals surface area (Å²) in [4.78, 5) is 4.43. The van der Waals surface area contributed by atoms with Crippen molar-refractivity contribution in [1.82, 2.24) is 10.6 Å². The van der Waals surface area contributed by atoms with Crippen molar-refractivity contribution in [1.29, 1.82) is 0 Å². The van der Waals surface area contributed by atoms with Crippen LogP contribution in [0.4, 0.5) is 4.39 Å². The van der Waals surface area contributed by atoms with Gasteiger partial charge in [-0.2, -0.15) is 0 Å². The lowest BCUT2D eigenvalue weighted by Crippen LogP contribution is -2.44. The molecule has 0 saturated carbocycles. The van der Waals surface area contributed by atoms with Gasteiger partial charge in [-0.3, -0.25) is 0 Å². The van der Waals surface area contributed by atoms with E-state index >= 15 is 0 Å². The van der Waals surface area contributed by atoms with Crippen LogP contribution in [0.2, 0.25) is 0 Å². The Balaban J connectivity index is 2.04. The lowest BCUT2D eigenvalue weighted by Gasteiger charge is -2.22. The van der Waals surface area contributed by atoms with Crippen LogP contribution in [-0.4, -0.2) is 24.2 Å². The van der Waals surface area contributed by atoms with E-state index in [1.54, 1.807) is 13.0 Å². The molecule has 1 unspecified atom stereocenters. The zero-order chi connectivity index (χ0) is 18.4. The summed E-state index contributed by atoms with van der Waals surface area (Å²) in [6.45, 7) is 6.65. The highest BCUT2D eigenvalue weighted by Gasteiger charge is 2.27. The van der Waals surface area contributed by atoms with Gasteiger partial charge < -0.3 is 20.2 Å². The minimum atomic E-state index is -1.17. The second-order valence-electron chi connectivity index (χ2n) is 6.01. The predicted molar refractivity (Wildman–Crippen MR) is 99.9 cm³/mol. The molecule has 0 aliphatic rings. The molecule has 2 aromatic rings. The maximum atomic E-state index is 13.4. The lowest BCUT2D eigenvalue weighted by atomic mass is 10.0. The van der Waals surface area contributed by atoms with Crippen LogP contribution in [0.15, 0.2) is 44.2 Å². The van der Waals surface area contributed by atoms with E-state index in [0.29, 0.717) is 29.3 Å². The molecule has 0 aliphatic heterocycles. The molecule has 25 heavy (non-hydrogen) atoms. The normalized spacial score (nSPS) is 14.2. The molecule has 136 valence electrons. The fourth-order valence-corrected chi connectivity index (χ4v) is 2.79. The molecule has 0 fully saturated rings. The van der Waals surface area contributed by atoms with Crippen LogP contribution < -0.4 is 10.6 Å². The number of nitrogens with one attached hydrogen (secondary N) is 2. The van der Waals surface area contributed by atoms with Crippen molar-refractivity contribution in [3.8, 4) is 0 Å². The van der Waals surface area contributed by atoms with Crippen molar-refractivity contribution in [2.75, 3.05) is 13.1 Å². The van der Waals surface area contributed by atoms with E-state index in [4.69, 9.17) is 4.42 Å². The van der Waals surface area contributed by atoms with Crippen molar-refractivity contribution in [2.45, 2.75) is 32.9 Å². The third kappa shape index (κ3) is 5.86. The standard InChI is InChI=1S/C18H23BrFN3O2/c1-4-21-17(22-10-13-7-14(19)9-15(20)8-13)23-11-18(3,24)16-6-5-12(2)25-16/h5-9,24H,4,10-11H2,1-3H3,(H2,21,22,23). The van der Waals surface area contributed by atoms with E-state index in [-0.39, 0.29) is 12.4 Å². The fraction of sp³-hybridized carbons (Fsp3) is 0.389. The molecule has 0 bridgehead atoms. The highest BCUT2D eigenvalue weighted by atomic mass is 79.9. The smallest absolute Gasteiger partial charge is 0.191 e. The molecule has 0 radical (unpaired) electrons. The molecular formula is C18H23BrFN3O2. The van der Waals surface area contributed by atoms with Crippen LogP contribution in [0, 0.1) is 12.7 Å². The first-order valence-corrected chi connectivity index (χ1v) is 8.86.